The number of carbonyl (C=O) groups excluding carboxylic acids is 1. The Morgan fingerprint density at radius 2 is 1.80 bits per heavy atom. The lowest BCUT2D eigenvalue weighted by atomic mass is 10.1. The first-order valence-corrected chi connectivity index (χ1v) is 11.9. The molecular formula is C27H29ClN2O5. The van der Waals surface area contributed by atoms with Crippen LogP contribution < -0.4 is 14.8 Å². The lowest BCUT2D eigenvalue weighted by molar-refractivity contribution is -0.116. The van der Waals surface area contributed by atoms with Crippen LogP contribution in [0, 0.1) is 0 Å². The topological polar surface area (TPSA) is 97.8 Å². The van der Waals surface area contributed by atoms with Crippen LogP contribution in [0.4, 0.5) is 5.69 Å². The van der Waals surface area contributed by atoms with Gasteiger partial charge in [-0.15, -0.1) is 0 Å². The first-order valence-electron chi connectivity index (χ1n) is 11.5. The number of pyridine rings is 1. The van der Waals surface area contributed by atoms with Gasteiger partial charge in [-0.1, -0.05) is 17.7 Å². The Hall–Kier alpha value is -3.58. The highest BCUT2D eigenvalue weighted by atomic mass is 35.5. The van der Waals surface area contributed by atoms with E-state index >= 15 is 0 Å². The Bertz CT molecular complexity index is 1140. The van der Waals surface area contributed by atoms with Crippen molar-refractivity contribution in [2.45, 2.75) is 38.5 Å². The number of hydrogen-bond donors (Lipinski definition) is 2. The van der Waals surface area contributed by atoms with Crippen LogP contribution in [0.3, 0.4) is 0 Å². The quantitative estimate of drug-likeness (QED) is 0.290. The van der Waals surface area contributed by atoms with Gasteiger partial charge in [0.1, 0.15) is 11.5 Å². The third-order valence-electron chi connectivity index (χ3n) is 5.49. The molecule has 0 aliphatic carbocycles. The third-order valence-corrected chi connectivity index (χ3v) is 5.82. The number of carbonyl (C=O) groups is 2. The molecule has 1 amide bonds. The second-order valence-corrected chi connectivity index (χ2v) is 8.44. The highest BCUT2D eigenvalue weighted by Crippen LogP contribution is 2.26. The summed E-state index contributed by atoms with van der Waals surface area (Å²) in [5, 5.41) is 12.0. The number of rotatable bonds is 13. The number of carboxylic acid groups (broad SMARTS) is 1. The molecule has 3 aromatic rings. The van der Waals surface area contributed by atoms with E-state index in [9.17, 15) is 9.59 Å². The molecule has 0 radical (unpaired) electrons. The van der Waals surface area contributed by atoms with E-state index in [-0.39, 0.29) is 22.9 Å². The van der Waals surface area contributed by atoms with Gasteiger partial charge in [0.15, 0.2) is 0 Å². The number of methoxy groups -OCH3 is 1. The number of amides is 1. The highest BCUT2D eigenvalue weighted by molar-refractivity contribution is 6.33. The lowest BCUT2D eigenvalue weighted by Crippen LogP contribution is -2.13. The zero-order valence-electron chi connectivity index (χ0n) is 19.6. The number of aromatic nitrogens is 1. The van der Waals surface area contributed by atoms with Gasteiger partial charge in [-0.3, -0.25) is 9.78 Å². The molecular weight excluding hydrogens is 468 g/mol. The number of unbranched alkanes of at least 4 members (excludes halogenated alkanes) is 2. The van der Waals surface area contributed by atoms with Crippen LogP contribution in [-0.4, -0.2) is 35.7 Å². The Morgan fingerprint density at radius 1 is 1.00 bits per heavy atom. The fraction of sp³-hybridized carbons (Fsp3) is 0.296. The Labute approximate surface area is 210 Å². The maximum absolute atomic E-state index is 12.4. The average Bonchev–Trinajstić information content (AvgIpc) is 2.86. The molecule has 0 saturated heterocycles. The predicted molar refractivity (Wildman–Crippen MR) is 136 cm³/mol. The molecule has 0 atom stereocenters. The van der Waals surface area contributed by atoms with E-state index in [0.717, 1.165) is 37.0 Å². The average molecular weight is 497 g/mol. The second-order valence-electron chi connectivity index (χ2n) is 8.04. The monoisotopic (exact) mass is 496 g/mol. The minimum atomic E-state index is -1.15. The van der Waals surface area contributed by atoms with E-state index < -0.39 is 5.97 Å². The summed E-state index contributed by atoms with van der Waals surface area (Å²) >= 11 is 5.87. The van der Waals surface area contributed by atoms with E-state index in [1.54, 1.807) is 13.2 Å². The molecule has 0 aliphatic rings. The van der Waals surface area contributed by atoms with Crippen LogP contribution in [0.2, 0.25) is 5.02 Å². The summed E-state index contributed by atoms with van der Waals surface area (Å²) in [6, 6.07) is 14.1. The van der Waals surface area contributed by atoms with Gasteiger partial charge in [0.05, 0.1) is 24.3 Å². The van der Waals surface area contributed by atoms with Crippen molar-refractivity contribution < 1.29 is 24.2 Å². The largest absolute Gasteiger partial charge is 0.496 e. The molecule has 35 heavy (non-hydrogen) atoms. The van der Waals surface area contributed by atoms with Gasteiger partial charge in [0, 0.05) is 30.6 Å². The summed E-state index contributed by atoms with van der Waals surface area (Å²) in [5.74, 6) is 0.0000893. The molecule has 0 bridgehead atoms. The van der Waals surface area contributed by atoms with Crippen molar-refractivity contribution in [3.63, 3.8) is 0 Å². The van der Waals surface area contributed by atoms with Crippen LogP contribution in [-0.2, 0) is 17.6 Å². The molecule has 0 unspecified atom stereocenters. The van der Waals surface area contributed by atoms with Crippen molar-refractivity contribution in [1.29, 1.82) is 0 Å². The van der Waals surface area contributed by atoms with Crippen molar-refractivity contribution in [3.05, 3.63) is 82.6 Å². The maximum atomic E-state index is 12.4. The molecule has 7 nitrogen and oxygen atoms in total. The number of nitrogens with zero attached hydrogens (tertiary/aromatic N) is 1. The zero-order chi connectivity index (χ0) is 25.0. The number of halogens is 1. The lowest BCUT2D eigenvalue weighted by Gasteiger charge is -2.12. The highest BCUT2D eigenvalue weighted by Gasteiger charge is 2.12. The zero-order valence-corrected chi connectivity index (χ0v) is 20.4. The first kappa shape index (κ1) is 26.0. The predicted octanol–water partition coefficient (Wildman–Crippen LogP) is 5.80. The molecule has 0 aliphatic heterocycles. The van der Waals surface area contributed by atoms with Crippen LogP contribution >= 0.6 is 11.6 Å². The number of hydrogen-bond acceptors (Lipinski definition) is 5. The molecule has 1 heterocycles. The molecule has 2 N–H and O–H groups in total. The van der Waals surface area contributed by atoms with Crippen molar-refractivity contribution in [2.75, 3.05) is 19.0 Å². The number of benzene rings is 2. The van der Waals surface area contributed by atoms with Gasteiger partial charge >= 0.3 is 5.97 Å². The standard InChI is InChI=1S/C27H29ClN2O5/c1-34-25-18-22(35-16-4-2-3-5-19-12-14-29-15-13-19)9-6-20(25)7-11-26(31)30-21-8-10-24(28)23(17-21)27(32)33/h6,8-10,12-15,17-18H,2-5,7,11,16H2,1H3,(H,30,31)(H,32,33). The van der Waals surface area contributed by atoms with Gasteiger partial charge < -0.3 is 19.9 Å². The van der Waals surface area contributed by atoms with Gasteiger partial charge in [-0.05, 0) is 79.6 Å². The normalized spacial score (nSPS) is 10.6. The van der Waals surface area contributed by atoms with E-state index in [0.29, 0.717) is 24.5 Å². The van der Waals surface area contributed by atoms with Crippen molar-refractivity contribution in [3.8, 4) is 11.5 Å². The number of anilines is 1. The van der Waals surface area contributed by atoms with Crippen LogP contribution in [0.1, 0.15) is 47.2 Å². The third kappa shape index (κ3) is 8.30. The number of aromatic carboxylic acids is 1. The molecule has 184 valence electrons. The fourth-order valence-corrected chi connectivity index (χ4v) is 3.81. The summed E-state index contributed by atoms with van der Waals surface area (Å²) in [6.07, 6.45) is 8.49. The summed E-state index contributed by atoms with van der Waals surface area (Å²) < 4.78 is 11.4. The number of aryl methyl sites for hydroxylation is 2. The SMILES string of the molecule is COc1cc(OCCCCCc2ccncc2)ccc1CCC(=O)Nc1ccc(Cl)c(C(=O)O)c1. The maximum Gasteiger partial charge on any atom is 0.337 e. The molecule has 2 aromatic carbocycles. The second kappa shape index (κ2) is 13.3. The van der Waals surface area contributed by atoms with E-state index in [2.05, 4.69) is 10.3 Å². The van der Waals surface area contributed by atoms with Gasteiger partial charge in [-0.2, -0.15) is 0 Å². The van der Waals surface area contributed by atoms with E-state index in [1.165, 1.54) is 17.7 Å². The van der Waals surface area contributed by atoms with Gasteiger partial charge in [0.25, 0.3) is 0 Å². The van der Waals surface area contributed by atoms with E-state index in [4.69, 9.17) is 26.2 Å². The Kier molecular flexibility index (Phi) is 9.93. The van der Waals surface area contributed by atoms with Gasteiger partial charge in [0.2, 0.25) is 5.91 Å². The van der Waals surface area contributed by atoms with Crippen molar-refractivity contribution in [2.24, 2.45) is 0 Å². The molecule has 8 heteroatoms. The molecule has 0 spiro atoms. The first-order chi connectivity index (χ1) is 17.0. The Balaban J connectivity index is 1.43. The fourth-order valence-electron chi connectivity index (χ4n) is 3.61. The number of carboxylic acids is 1. The van der Waals surface area contributed by atoms with E-state index in [1.807, 2.05) is 42.7 Å². The molecule has 0 fully saturated rings. The summed E-state index contributed by atoms with van der Waals surface area (Å²) in [5.41, 5.74) is 2.51. The molecule has 0 saturated carbocycles. The molecule has 3 rings (SSSR count). The minimum absolute atomic E-state index is 0.0597. The summed E-state index contributed by atoms with van der Waals surface area (Å²) in [4.78, 5) is 27.6. The molecule has 1 aromatic heterocycles. The Morgan fingerprint density at radius 3 is 2.54 bits per heavy atom. The van der Waals surface area contributed by atoms with Crippen molar-refractivity contribution >= 4 is 29.2 Å². The van der Waals surface area contributed by atoms with Crippen LogP contribution in [0.5, 0.6) is 11.5 Å². The summed E-state index contributed by atoms with van der Waals surface area (Å²) in [7, 11) is 1.59. The van der Waals surface area contributed by atoms with Crippen molar-refractivity contribution in [1.82, 2.24) is 4.98 Å². The number of ether oxygens (including phenoxy) is 2. The van der Waals surface area contributed by atoms with Gasteiger partial charge in [-0.25, -0.2) is 4.79 Å². The summed E-state index contributed by atoms with van der Waals surface area (Å²) in [6.45, 7) is 0.626. The van der Waals surface area contributed by atoms with Crippen LogP contribution in [0.25, 0.3) is 0 Å². The number of nitrogens with one attached hydrogen (secondary N) is 1. The minimum Gasteiger partial charge on any atom is -0.496 e. The smallest absolute Gasteiger partial charge is 0.337 e. The van der Waals surface area contributed by atoms with Crippen LogP contribution in [0.15, 0.2) is 60.9 Å².